The maximum absolute atomic E-state index is 12.4. The van der Waals surface area contributed by atoms with Crippen molar-refractivity contribution in [3.8, 4) is 5.75 Å². The Morgan fingerprint density at radius 1 is 1.13 bits per heavy atom. The molecule has 1 atom stereocenters. The van der Waals surface area contributed by atoms with E-state index in [-0.39, 0.29) is 25.0 Å². The summed E-state index contributed by atoms with van der Waals surface area (Å²) in [6.07, 6.45) is 0.0737. The number of hydrogen-bond donors (Lipinski definition) is 1. The molecule has 164 valence electrons. The summed E-state index contributed by atoms with van der Waals surface area (Å²) < 4.78 is 10.7. The fraction of sp³-hybridized carbons (Fsp3) is 0.318. The zero-order valence-corrected chi connectivity index (χ0v) is 18.6. The highest BCUT2D eigenvalue weighted by Gasteiger charge is 2.36. The van der Waals surface area contributed by atoms with E-state index >= 15 is 0 Å². The van der Waals surface area contributed by atoms with Gasteiger partial charge in [-0.1, -0.05) is 23.2 Å². The molecule has 0 aromatic heterocycles. The summed E-state index contributed by atoms with van der Waals surface area (Å²) in [6.45, 7) is 3.58. The van der Waals surface area contributed by atoms with Crippen LogP contribution in [0, 0.1) is 5.92 Å². The van der Waals surface area contributed by atoms with Crippen molar-refractivity contribution < 1.29 is 23.9 Å². The van der Waals surface area contributed by atoms with E-state index in [0.717, 1.165) is 0 Å². The smallest absolute Gasteiger partial charge is 0.311 e. The zero-order chi connectivity index (χ0) is 22.5. The zero-order valence-electron chi connectivity index (χ0n) is 17.1. The molecule has 2 amide bonds. The van der Waals surface area contributed by atoms with Crippen LogP contribution in [-0.4, -0.2) is 37.0 Å². The normalized spacial score (nSPS) is 15.8. The predicted molar refractivity (Wildman–Crippen MR) is 119 cm³/mol. The van der Waals surface area contributed by atoms with Gasteiger partial charge in [-0.15, -0.1) is 0 Å². The second kappa shape index (κ2) is 10.0. The predicted octanol–water partition coefficient (Wildman–Crippen LogP) is 4.32. The third-order valence-corrected chi connectivity index (χ3v) is 5.27. The fourth-order valence-electron chi connectivity index (χ4n) is 3.12. The first-order chi connectivity index (χ1) is 14.7. The Kier molecular flexibility index (Phi) is 7.41. The number of carbonyl (C=O) groups excluding carboxylic acids is 3. The SMILES string of the molecule is CC(C)Oc1ccc(N2C[C@H](C(=O)OCC(=O)Nc3ccc(Cl)c(Cl)c3)CC2=O)cc1. The summed E-state index contributed by atoms with van der Waals surface area (Å²) in [5.74, 6) is -1.24. The van der Waals surface area contributed by atoms with E-state index in [4.69, 9.17) is 32.7 Å². The van der Waals surface area contributed by atoms with Crippen molar-refractivity contribution in [2.75, 3.05) is 23.4 Å². The first-order valence-corrected chi connectivity index (χ1v) is 10.5. The standard InChI is InChI=1S/C22H22Cl2N2O5/c1-13(2)31-17-6-4-16(5-7-17)26-11-14(9-21(26)28)22(29)30-12-20(27)25-15-3-8-18(23)19(24)10-15/h3-8,10,13-14H,9,11-12H2,1-2H3,(H,25,27)/t14-/m1/s1. The molecule has 0 radical (unpaired) electrons. The average Bonchev–Trinajstić information content (AvgIpc) is 3.11. The van der Waals surface area contributed by atoms with Gasteiger partial charge in [0.1, 0.15) is 5.75 Å². The molecule has 1 aliphatic heterocycles. The molecular weight excluding hydrogens is 443 g/mol. The van der Waals surface area contributed by atoms with Gasteiger partial charge in [0.25, 0.3) is 5.91 Å². The van der Waals surface area contributed by atoms with Gasteiger partial charge < -0.3 is 19.7 Å². The van der Waals surface area contributed by atoms with Gasteiger partial charge in [0.05, 0.1) is 22.1 Å². The fourth-order valence-corrected chi connectivity index (χ4v) is 3.42. The summed E-state index contributed by atoms with van der Waals surface area (Å²) in [7, 11) is 0. The molecule has 9 heteroatoms. The Bertz CT molecular complexity index is 978. The van der Waals surface area contributed by atoms with Crippen LogP contribution in [0.25, 0.3) is 0 Å². The molecule has 1 fully saturated rings. The second-order valence-electron chi connectivity index (χ2n) is 7.35. The Hall–Kier alpha value is -2.77. The van der Waals surface area contributed by atoms with Crippen LogP contribution in [0.2, 0.25) is 10.0 Å². The van der Waals surface area contributed by atoms with E-state index in [1.165, 1.54) is 11.0 Å². The maximum Gasteiger partial charge on any atom is 0.311 e. The van der Waals surface area contributed by atoms with Crippen LogP contribution in [0.5, 0.6) is 5.75 Å². The number of rotatable bonds is 7. The topological polar surface area (TPSA) is 84.9 Å². The minimum absolute atomic E-state index is 0.0253. The van der Waals surface area contributed by atoms with Crippen molar-refractivity contribution >= 4 is 52.4 Å². The third-order valence-electron chi connectivity index (χ3n) is 4.53. The third kappa shape index (κ3) is 6.12. The number of halogens is 2. The molecule has 2 aromatic rings. The number of esters is 1. The number of carbonyl (C=O) groups is 3. The van der Waals surface area contributed by atoms with E-state index in [1.54, 1.807) is 36.4 Å². The molecule has 0 aliphatic carbocycles. The van der Waals surface area contributed by atoms with E-state index in [9.17, 15) is 14.4 Å². The monoisotopic (exact) mass is 464 g/mol. The molecule has 1 saturated heterocycles. The molecule has 7 nitrogen and oxygen atoms in total. The van der Waals surface area contributed by atoms with Crippen molar-refractivity contribution in [3.05, 3.63) is 52.5 Å². The van der Waals surface area contributed by atoms with E-state index in [0.29, 0.717) is 27.2 Å². The summed E-state index contributed by atoms with van der Waals surface area (Å²) in [4.78, 5) is 38.3. The summed E-state index contributed by atoms with van der Waals surface area (Å²) in [5, 5.41) is 3.23. The van der Waals surface area contributed by atoms with Gasteiger partial charge in [-0.3, -0.25) is 14.4 Å². The highest BCUT2D eigenvalue weighted by Crippen LogP contribution is 2.28. The highest BCUT2D eigenvalue weighted by molar-refractivity contribution is 6.42. The Morgan fingerprint density at radius 2 is 1.84 bits per heavy atom. The van der Waals surface area contributed by atoms with Crippen LogP contribution in [0.3, 0.4) is 0 Å². The largest absolute Gasteiger partial charge is 0.491 e. The number of benzene rings is 2. The van der Waals surface area contributed by atoms with Gasteiger partial charge in [0.2, 0.25) is 5.91 Å². The van der Waals surface area contributed by atoms with E-state index < -0.39 is 24.4 Å². The van der Waals surface area contributed by atoms with Crippen LogP contribution >= 0.6 is 23.2 Å². The number of hydrogen-bond acceptors (Lipinski definition) is 5. The maximum atomic E-state index is 12.4. The Labute approximate surface area is 190 Å². The Balaban J connectivity index is 1.51. The van der Waals surface area contributed by atoms with Gasteiger partial charge >= 0.3 is 5.97 Å². The minimum atomic E-state index is -0.642. The van der Waals surface area contributed by atoms with Crippen molar-refractivity contribution in [1.29, 1.82) is 0 Å². The quantitative estimate of drug-likeness (QED) is 0.616. The number of nitrogens with one attached hydrogen (secondary N) is 1. The summed E-state index contributed by atoms with van der Waals surface area (Å²) in [5.41, 5.74) is 1.11. The van der Waals surface area contributed by atoms with Crippen LogP contribution in [0.4, 0.5) is 11.4 Å². The van der Waals surface area contributed by atoms with Crippen molar-refractivity contribution in [2.45, 2.75) is 26.4 Å². The first-order valence-electron chi connectivity index (χ1n) is 9.71. The van der Waals surface area contributed by atoms with E-state index in [2.05, 4.69) is 5.32 Å². The molecule has 1 heterocycles. The van der Waals surface area contributed by atoms with Crippen molar-refractivity contribution in [1.82, 2.24) is 0 Å². The molecule has 0 spiro atoms. The molecule has 0 saturated carbocycles. The van der Waals surface area contributed by atoms with Gasteiger partial charge in [0, 0.05) is 24.3 Å². The average molecular weight is 465 g/mol. The van der Waals surface area contributed by atoms with Crippen LogP contribution < -0.4 is 15.0 Å². The lowest BCUT2D eigenvalue weighted by Crippen LogP contribution is -2.28. The first kappa shape index (κ1) is 22.9. The second-order valence-corrected chi connectivity index (χ2v) is 8.17. The molecule has 3 rings (SSSR count). The molecule has 1 aliphatic rings. The molecule has 1 N–H and O–H groups in total. The molecule has 31 heavy (non-hydrogen) atoms. The van der Waals surface area contributed by atoms with Gasteiger partial charge in [0.15, 0.2) is 6.61 Å². The minimum Gasteiger partial charge on any atom is -0.491 e. The number of anilines is 2. The van der Waals surface area contributed by atoms with Crippen LogP contribution in [-0.2, 0) is 19.1 Å². The number of amides is 2. The molecular formula is C22H22Cl2N2O5. The summed E-state index contributed by atoms with van der Waals surface area (Å²) in [6, 6.07) is 11.7. The van der Waals surface area contributed by atoms with E-state index in [1.807, 2.05) is 13.8 Å². The number of nitrogens with zero attached hydrogens (tertiary/aromatic N) is 1. The van der Waals surface area contributed by atoms with Crippen LogP contribution in [0.15, 0.2) is 42.5 Å². The van der Waals surface area contributed by atoms with Gasteiger partial charge in [-0.25, -0.2) is 0 Å². The van der Waals surface area contributed by atoms with Crippen molar-refractivity contribution in [2.24, 2.45) is 5.92 Å². The Morgan fingerprint density at radius 3 is 2.48 bits per heavy atom. The molecule has 0 unspecified atom stereocenters. The van der Waals surface area contributed by atoms with Gasteiger partial charge in [-0.2, -0.15) is 0 Å². The lowest BCUT2D eigenvalue weighted by atomic mass is 10.1. The lowest BCUT2D eigenvalue weighted by molar-refractivity contribution is -0.151. The summed E-state index contributed by atoms with van der Waals surface area (Å²) >= 11 is 11.7. The highest BCUT2D eigenvalue weighted by atomic mass is 35.5. The lowest BCUT2D eigenvalue weighted by Gasteiger charge is -2.17. The van der Waals surface area contributed by atoms with Gasteiger partial charge in [-0.05, 0) is 56.3 Å². The number of ether oxygens (including phenoxy) is 2. The van der Waals surface area contributed by atoms with Crippen LogP contribution in [0.1, 0.15) is 20.3 Å². The van der Waals surface area contributed by atoms with Crippen molar-refractivity contribution in [3.63, 3.8) is 0 Å². The molecule has 2 aromatic carbocycles. The molecule has 0 bridgehead atoms.